The topological polar surface area (TPSA) is 169 Å². The van der Waals surface area contributed by atoms with E-state index in [0.717, 1.165) is 44.9 Å². The quantitative estimate of drug-likeness (QED) is 0.0294. The molecule has 1 fully saturated rings. The third-order valence-electron chi connectivity index (χ3n) is 9.88. The van der Waals surface area contributed by atoms with E-state index in [-0.39, 0.29) is 6.61 Å². The molecule has 0 aromatic heterocycles. The maximum atomic E-state index is 13.0. The largest absolute Gasteiger partial charge is 0.394 e. The van der Waals surface area contributed by atoms with Gasteiger partial charge in [0.05, 0.1) is 25.4 Å². The highest BCUT2D eigenvalue weighted by Crippen LogP contribution is 2.22. The summed E-state index contributed by atoms with van der Waals surface area (Å²) in [4.78, 5) is 13.0. The fourth-order valence-corrected chi connectivity index (χ4v) is 6.39. The highest BCUT2D eigenvalue weighted by molar-refractivity contribution is 5.80. The lowest BCUT2D eigenvalue weighted by Crippen LogP contribution is -2.60. The van der Waals surface area contributed by atoms with Gasteiger partial charge < -0.3 is 45.4 Å². The molecule has 0 radical (unpaired) electrons. The van der Waals surface area contributed by atoms with Crippen LogP contribution >= 0.6 is 0 Å². The van der Waals surface area contributed by atoms with Gasteiger partial charge in [-0.1, -0.05) is 147 Å². The van der Waals surface area contributed by atoms with Gasteiger partial charge >= 0.3 is 0 Å². The Morgan fingerprint density at radius 1 is 0.667 bits per heavy atom. The lowest BCUT2D eigenvalue weighted by molar-refractivity contribution is -0.302. The number of aliphatic hydroxyl groups excluding tert-OH is 6. The molecular formula is C41H77NO9. The maximum absolute atomic E-state index is 13.0. The summed E-state index contributed by atoms with van der Waals surface area (Å²) < 4.78 is 11.1. The van der Waals surface area contributed by atoms with Crippen LogP contribution in [0.5, 0.6) is 0 Å². The highest BCUT2D eigenvalue weighted by Gasteiger charge is 2.44. The summed E-state index contributed by atoms with van der Waals surface area (Å²) in [7, 11) is 0. The van der Waals surface area contributed by atoms with Crippen LogP contribution in [0.15, 0.2) is 24.3 Å². The van der Waals surface area contributed by atoms with E-state index < -0.39 is 61.5 Å². The van der Waals surface area contributed by atoms with Crippen molar-refractivity contribution >= 4 is 5.91 Å². The first-order chi connectivity index (χ1) is 24.8. The molecule has 1 aliphatic heterocycles. The first-order valence-corrected chi connectivity index (χ1v) is 20.7. The lowest BCUT2D eigenvalue weighted by Gasteiger charge is -2.40. The molecule has 1 saturated heterocycles. The number of ether oxygens (including phenoxy) is 2. The number of amides is 1. The fourth-order valence-electron chi connectivity index (χ4n) is 6.39. The van der Waals surface area contributed by atoms with Crippen molar-refractivity contribution in [2.75, 3.05) is 13.2 Å². The molecule has 8 unspecified atom stereocenters. The molecule has 1 rings (SSSR count). The van der Waals surface area contributed by atoms with Crippen molar-refractivity contribution in [1.29, 1.82) is 0 Å². The van der Waals surface area contributed by atoms with Gasteiger partial charge in [0, 0.05) is 0 Å². The smallest absolute Gasteiger partial charge is 0.249 e. The Morgan fingerprint density at radius 2 is 1.14 bits per heavy atom. The molecule has 51 heavy (non-hydrogen) atoms. The van der Waals surface area contributed by atoms with Crippen LogP contribution in [-0.4, -0.2) is 98.7 Å². The number of hydrogen-bond acceptors (Lipinski definition) is 9. The van der Waals surface area contributed by atoms with Gasteiger partial charge in [0.1, 0.15) is 30.5 Å². The summed E-state index contributed by atoms with van der Waals surface area (Å²) in [6.07, 6.45) is 25.5. The van der Waals surface area contributed by atoms with Crippen LogP contribution in [0.1, 0.15) is 168 Å². The number of allylic oxidation sites excluding steroid dienone is 3. The number of carbonyl (C=O) groups excluding carboxylic acids is 1. The Bertz CT molecular complexity index is 870. The van der Waals surface area contributed by atoms with Gasteiger partial charge in [-0.2, -0.15) is 0 Å². The molecule has 0 spiro atoms. The van der Waals surface area contributed by atoms with Crippen LogP contribution in [0.2, 0.25) is 0 Å². The second kappa shape index (κ2) is 32.1. The van der Waals surface area contributed by atoms with Crippen LogP contribution in [-0.2, 0) is 14.3 Å². The van der Waals surface area contributed by atoms with Gasteiger partial charge in [-0.3, -0.25) is 4.79 Å². The Labute approximate surface area is 310 Å². The lowest BCUT2D eigenvalue weighted by atomic mass is 9.99. The zero-order chi connectivity index (χ0) is 37.5. The predicted octanol–water partition coefficient (Wildman–Crippen LogP) is 6.52. The van der Waals surface area contributed by atoms with Crippen molar-refractivity contribution in [2.45, 2.75) is 217 Å². The van der Waals surface area contributed by atoms with Crippen LogP contribution in [0, 0.1) is 0 Å². The maximum Gasteiger partial charge on any atom is 0.249 e. The fraction of sp³-hybridized carbons (Fsp3) is 0.878. The zero-order valence-corrected chi connectivity index (χ0v) is 32.2. The van der Waals surface area contributed by atoms with Crippen molar-refractivity contribution in [3.8, 4) is 0 Å². The number of nitrogens with one attached hydrogen (secondary N) is 1. The molecule has 0 aromatic rings. The van der Waals surface area contributed by atoms with Crippen LogP contribution in [0.4, 0.5) is 0 Å². The summed E-state index contributed by atoms with van der Waals surface area (Å²) >= 11 is 0. The molecule has 300 valence electrons. The second-order valence-electron chi connectivity index (χ2n) is 14.6. The first kappa shape index (κ1) is 47.7. The minimum absolute atomic E-state index is 0.303. The minimum atomic E-state index is -1.61. The van der Waals surface area contributed by atoms with Gasteiger partial charge in [0.2, 0.25) is 5.91 Å². The monoisotopic (exact) mass is 728 g/mol. The van der Waals surface area contributed by atoms with Gasteiger partial charge in [-0.25, -0.2) is 0 Å². The molecule has 0 aliphatic carbocycles. The summed E-state index contributed by atoms with van der Waals surface area (Å²) in [6.45, 7) is 3.55. The zero-order valence-electron chi connectivity index (χ0n) is 32.2. The van der Waals surface area contributed by atoms with Crippen molar-refractivity contribution < 1.29 is 44.9 Å². The van der Waals surface area contributed by atoms with Crippen LogP contribution < -0.4 is 5.32 Å². The van der Waals surface area contributed by atoms with Gasteiger partial charge in [-0.15, -0.1) is 0 Å². The molecule has 0 bridgehead atoms. The number of unbranched alkanes of at least 4 members (excludes halogenated alkanes) is 20. The van der Waals surface area contributed by atoms with Gasteiger partial charge in [0.25, 0.3) is 0 Å². The average Bonchev–Trinajstić information content (AvgIpc) is 3.13. The number of rotatable bonds is 33. The summed E-state index contributed by atoms with van der Waals surface area (Å²) in [5.41, 5.74) is 0. The molecule has 7 N–H and O–H groups in total. The average molecular weight is 728 g/mol. The molecule has 10 heteroatoms. The van der Waals surface area contributed by atoms with E-state index in [1.165, 1.54) is 96.3 Å². The molecule has 1 heterocycles. The van der Waals surface area contributed by atoms with E-state index in [1.807, 2.05) is 6.08 Å². The highest BCUT2D eigenvalue weighted by atomic mass is 16.7. The van der Waals surface area contributed by atoms with Gasteiger partial charge in [-0.05, 0) is 44.9 Å². The van der Waals surface area contributed by atoms with Crippen LogP contribution in [0.25, 0.3) is 0 Å². The number of hydrogen-bond donors (Lipinski definition) is 7. The molecule has 1 aliphatic rings. The Balaban J connectivity index is 2.49. The Hall–Kier alpha value is -1.37. The van der Waals surface area contributed by atoms with Crippen molar-refractivity contribution in [2.24, 2.45) is 0 Å². The predicted molar refractivity (Wildman–Crippen MR) is 204 cm³/mol. The minimum Gasteiger partial charge on any atom is -0.394 e. The normalized spacial score (nSPS) is 22.9. The van der Waals surface area contributed by atoms with E-state index in [9.17, 15) is 35.4 Å². The SMILES string of the molecule is CCCCCC/C=C\CCCCCCCCC(O)C(=O)NC(COC1OC(CO)C(O)C(O)C1O)C(O)/C=C/CCCCCCCCCCCC. The van der Waals surface area contributed by atoms with E-state index in [0.29, 0.717) is 12.8 Å². The first-order valence-electron chi connectivity index (χ1n) is 20.7. The van der Waals surface area contributed by atoms with Crippen molar-refractivity contribution in [3.63, 3.8) is 0 Å². The summed E-state index contributed by atoms with van der Waals surface area (Å²) in [5.74, 6) is -0.624. The third-order valence-corrected chi connectivity index (χ3v) is 9.88. The van der Waals surface area contributed by atoms with E-state index in [1.54, 1.807) is 6.08 Å². The Morgan fingerprint density at radius 3 is 1.67 bits per heavy atom. The Kier molecular flexibility index (Phi) is 30.0. The standard InChI is InChI=1S/C41H77NO9/c1-3-5-7-9-11-13-15-17-18-20-22-24-26-28-30-35(45)40(49)42-33(32-50-41-39(48)38(47)37(46)36(31-43)51-41)34(44)29-27-25-23-21-19-16-14-12-10-8-6-4-2/h13,15,27,29,33-39,41,43-48H,3-12,14,16-26,28,30-32H2,1-2H3,(H,42,49)/b15-13-,29-27+. The number of aliphatic hydroxyl groups is 6. The number of carbonyl (C=O) groups is 1. The molecule has 10 nitrogen and oxygen atoms in total. The van der Waals surface area contributed by atoms with E-state index >= 15 is 0 Å². The molecule has 1 amide bonds. The summed E-state index contributed by atoms with van der Waals surface area (Å²) in [5, 5.41) is 64.4. The molecular weight excluding hydrogens is 650 g/mol. The molecule has 0 aromatic carbocycles. The van der Waals surface area contributed by atoms with Crippen molar-refractivity contribution in [1.82, 2.24) is 5.32 Å². The second-order valence-corrected chi connectivity index (χ2v) is 14.6. The van der Waals surface area contributed by atoms with Crippen LogP contribution in [0.3, 0.4) is 0 Å². The molecule has 8 atom stereocenters. The van der Waals surface area contributed by atoms with E-state index in [4.69, 9.17) is 9.47 Å². The van der Waals surface area contributed by atoms with Crippen molar-refractivity contribution in [3.05, 3.63) is 24.3 Å². The van der Waals surface area contributed by atoms with Gasteiger partial charge in [0.15, 0.2) is 6.29 Å². The van der Waals surface area contributed by atoms with E-state index in [2.05, 4.69) is 31.3 Å². The summed E-state index contributed by atoms with van der Waals surface area (Å²) in [6, 6.07) is -0.978. The third kappa shape index (κ3) is 23.1. The molecule has 0 saturated carbocycles.